The Kier molecular flexibility index (Phi) is 2.93. The zero-order chi connectivity index (χ0) is 13.5. The minimum atomic E-state index is -0.141. The second-order valence-corrected chi connectivity index (χ2v) is 5.79. The second-order valence-electron chi connectivity index (χ2n) is 5.79. The van der Waals surface area contributed by atoms with Crippen molar-refractivity contribution in [2.24, 2.45) is 7.05 Å². The summed E-state index contributed by atoms with van der Waals surface area (Å²) in [5, 5.41) is 14.6. The molecule has 0 aliphatic heterocycles. The molecular weight excluding hydrogens is 224 g/mol. The van der Waals surface area contributed by atoms with Crippen molar-refractivity contribution >= 4 is 0 Å². The molecule has 0 amide bonds. The van der Waals surface area contributed by atoms with Crippen molar-refractivity contribution in [1.29, 1.82) is 0 Å². The van der Waals surface area contributed by atoms with Crippen LogP contribution in [-0.4, -0.2) is 14.9 Å². The van der Waals surface area contributed by atoms with Crippen LogP contribution in [0.4, 0.5) is 0 Å². The number of benzene rings is 1. The first kappa shape index (κ1) is 12.7. The predicted molar refractivity (Wildman–Crippen MR) is 73.7 cm³/mol. The van der Waals surface area contributed by atoms with Crippen molar-refractivity contribution in [2.45, 2.75) is 33.1 Å². The van der Waals surface area contributed by atoms with E-state index in [4.69, 9.17) is 0 Å². The Morgan fingerprint density at radius 1 is 1.22 bits per heavy atom. The molecule has 18 heavy (non-hydrogen) atoms. The third kappa shape index (κ3) is 2.13. The summed E-state index contributed by atoms with van der Waals surface area (Å²) in [7, 11) is 1.77. The van der Waals surface area contributed by atoms with Gasteiger partial charge < -0.3 is 5.11 Å². The van der Waals surface area contributed by atoms with Gasteiger partial charge in [-0.25, -0.2) is 4.68 Å². The number of nitrogens with zero attached hydrogens (tertiary/aromatic N) is 2. The largest absolute Gasteiger partial charge is 0.493 e. The van der Waals surface area contributed by atoms with E-state index in [0.29, 0.717) is 0 Å². The van der Waals surface area contributed by atoms with Crippen molar-refractivity contribution in [3.63, 3.8) is 0 Å². The van der Waals surface area contributed by atoms with Gasteiger partial charge in [0, 0.05) is 18.2 Å². The Balaban J connectivity index is 2.69. The first-order valence-electron chi connectivity index (χ1n) is 6.14. The maximum atomic E-state index is 10.2. The zero-order valence-electron chi connectivity index (χ0n) is 11.7. The molecule has 0 aliphatic carbocycles. The van der Waals surface area contributed by atoms with Crippen LogP contribution in [0.5, 0.6) is 5.88 Å². The van der Waals surface area contributed by atoms with Gasteiger partial charge in [0.25, 0.3) is 0 Å². The van der Waals surface area contributed by atoms with Crippen LogP contribution in [0.15, 0.2) is 24.3 Å². The maximum Gasteiger partial charge on any atom is 0.213 e. The van der Waals surface area contributed by atoms with Gasteiger partial charge in [-0.05, 0) is 18.4 Å². The van der Waals surface area contributed by atoms with Crippen molar-refractivity contribution < 1.29 is 5.11 Å². The van der Waals surface area contributed by atoms with Crippen molar-refractivity contribution in [2.75, 3.05) is 0 Å². The van der Waals surface area contributed by atoms with Crippen LogP contribution in [0.25, 0.3) is 11.3 Å². The fourth-order valence-corrected chi connectivity index (χ4v) is 2.20. The van der Waals surface area contributed by atoms with E-state index in [9.17, 15) is 5.11 Å². The standard InChI is InChI=1S/C15H20N2O/c1-10-7-6-8-11(9-10)13-12(15(2,3)4)14(18)17(5)16-13/h6-9,18H,1-5H3. The van der Waals surface area contributed by atoms with Crippen LogP contribution in [-0.2, 0) is 12.5 Å². The summed E-state index contributed by atoms with van der Waals surface area (Å²) in [5.41, 5.74) is 3.87. The first-order chi connectivity index (χ1) is 8.30. The molecule has 0 saturated heterocycles. The Bertz CT molecular complexity index is 577. The van der Waals surface area contributed by atoms with Gasteiger partial charge in [-0.1, -0.05) is 44.5 Å². The number of hydrogen-bond acceptors (Lipinski definition) is 2. The summed E-state index contributed by atoms with van der Waals surface area (Å²) in [5.74, 6) is 0.249. The average molecular weight is 244 g/mol. The van der Waals surface area contributed by atoms with Crippen LogP contribution in [0.1, 0.15) is 31.9 Å². The Labute approximate surface area is 108 Å². The highest BCUT2D eigenvalue weighted by Gasteiger charge is 2.27. The highest BCUT2D eigenvalue weighted by atomic mass is 16.3. The van der Waals surface area contributed by atoms with Gasteiger partial charge in [-0.2, -0.15) is 5.10 Å². The van der Waals surface area contributed by atoms with E-state index in [-0.39, 0.29) is 11.3 Å². The Morgan fingerprint density at radius 2 is 1.89 bits per heavy atom. The second kappa shape index (κ2) is 4.16. The molecule has 0 atom stereocenters. The fourth-order valence-electron chi connectivity index (χ4n) is 2.20. The van der Waals surface area contributed by atoms with Crippen LogP contribution in [0.3, 0.4) is 0 Å². The topological polar surface area (TPSA) is 38.0 Å². The van der Waals surface area contributed by atoms with E-state index >= 15 is 0 Å². The average Bonchev–Trinajstić information content (AvgIpc) is 2.55. The van der Waals surface area contributed by atoms with Crippen molar-refractivity contribution in [3.8, 4) is 17.1 Å². The molecule has 3 heteroatoms. The maximum absolute atomic E-state index is 10.2. The van der Waals surface area contributed by atoms with Crippen LogP contribution in [0.2, 0.25) is 0 Å². The van der Waals surface area contributed by atoms with Gasteiger partial charge in [-0.15, -0.1) is 0 Å². The van der Waals surface area contributed by atoms with E-state index in [1.165, 1.54) is 10.2 Å². The van der Waals surface area contributed by atoms with E-state index in [2.05, 4.69) is 44.9 Å². The highest BCUT2D eigenvalue weighted by Crippen LogP contribution is 2.38. The van der Waals surface area contributed by atoms with Gasteiger partial charge in [0.05, 0.1) is 5.69 Å². The molecule has 2 aromatic rings. The van der Waals surface area contributed by atoms with Crippen LogP contribution < -0.4 is 0 Å². The van der Waals surface area contributed by atoms with Gasteiger partial charge >= 0.3 is 0 Å². The molecule has 2 rings (SSSR count). The highest BCUT2D eigenvalue weighted by molar-refractivity contribution is 5.67. The smallest absolute Gasteiger partial charge is 0.213 e. The molecule has 1 heterocycles. The number of aromatic nitrogens is 2. The molecule has 0 bridgehead atoms. The third-order valence-electron chi connectivity index (χ3n) is 3.06. The summed E-state index contributed by atoms with van der Waals surface area (Å²) in [4.78, 5) is 0. The molecule has 0 saturated carbocycles. The number of rotatable bonds is 1. The minimum Gasteiger partial charge on any atom is -0.493 e. The van der Waals surface area contributed by atoms with E-state index in [0.717, 1.165) is 16.8 Å². The molecule has 3 nitrogen and oxygen atoms in total. The molecule has 0 unspecified atom stereocenters. The first-order valence-corrected chi connectivity index (χ1v) is 6.14. The van der Waals surface area contributed by atoms with Gasteiger partial charge in [0.15, 0.2) is 0 Å². The third-order valence-corrected chi connectivity index (χ3v) is 3.06. The molecule has 1 aromatic carbocycles. The summed E-state index contributed by atoms with van der Waals surface area (Å²) >= 11 is 0. The zero-order valence-corrected chi connectivity index (χ0v) is 11.7. The quantitative estimate of drug-likeness (QED) is 0.835. The summed E-state index contributed by atoms with van der Waals surface area (Å²) in [6.45, 7) is 8.32. The van der Waals surface area contributed by atoms with Crippen LogP contribution >= 0.6 is 0 Å². The lowest BCUT2D eigenvalue weighted by molar-refractivity contribution is 0.401. The monoisotopic (exact) mass is 244 g/mol. The van der Waals surface area contributed by atoms with E-state index in [1.807, 2.05) is 12.1 Å². The predicted octanol–water partition coefficient (Wildman–Crippen LogP) is 3.40. The fraction of sp³-hybridized carbons (Fsp3) is 0.400. The van der Waals surface area contributed by atoms with Crippen molar-refractivity contribution in [1.82, 2.24) is 9.78 Å². The summed E-state index contributed by atoms with van der Waals surface area (Å²) < 4.78 is 1.54. The lowest BCUT2D eigenvalue weighted by Gasteiger charge is -2.19. The molecule has 96 valence electrons. The van der Waals surface area contributed by atoms with E-state index in [1.54, 1.807) is 7.05 Å². The normalized spacial score (nSPS) is 11.8. The Hall–Kier alpha value is -1.77. The minimum absolute atomic E-state index is 0.141. The van der Waals surface area contributed by atoms with Crippen LogP contribution in [0, 0.1) is 6.92 Å². The SMILES string of the molecule is Cc1cccc(-c2nn(C)c(O)c2C(C)(C)C)c1. The lowest BCUT2D eigenvalue weighted by atomic mass is 9.85. The molecule has 0 aliphatic rings. The number of aromatic hydroxyl groups is 1. The summed E-state index contributed by atoms with van der Waals surface area (Å²) in [6, 6.07) is 8.20. The molecule has 0 spiro atoms. The van der Waals surface area contributed by atoms with Crippen molar-refractivity contribution in [3.05, 3.63) is 35.4 Å². The van der Waals surface area contributed by atoms with Gasteiger partial charge in [-0.3, -0.25) is 0 Å². The van der Waals surface area contributed by atoms with Gasteiger partial charge in [0.2, 0.25) is 5.88 Å². The van der Waals surface area contributed by atoms with Gasteiger partial charge in [0.1, 0.15) is 0 Å². The molecular formula is C15H20N2O. The number of hydrogen-bond donors (Lipinski definition) is 1. The summed E-state index contributed by atoms with van der Waals surface area (Å²) in [6.07, 6.45) is 0. The number of aryl methyl sites for hydroxylation is 2. The molecule has 0 fully saturated rings. The Morgan fingerprint density at radius 3 is 2.44 bits per heavy atom. The molecule has 0 radical (unpaired) electrons. The van der Waals surface area contributed by atoms with E-state index < -0.39 is 0 Å². The lowest BCUT2D eigenvalue weighted by Crippen LogP contribution is -2.11. The molecule has 1 aromatic heterocycles. The molecule has 1 N–H and O–H groups in total.